The van der Waals surface area contributed by atoms with Crippen molar-refractivity contribution in [1.29, 1.82) is 0 Å². The topological polar surface area (TPSA) is 44.8 Å². The predicted octanol–water partition coefficient (Wildman–Crippen LogP) is 8.06. The van der Waals surface area contributed by atoms with Crippen LogP contribution in [0, 0.1) is 0 Å². The lowest BCUT2D eigenvalue weighted by Gasteiger charge is -2.15. The molecule has 0 saturated carbocycles. The number of rotatable bonds is 21. The molecule has 0 N–H and O–H groups in total. The molecule has 0 amide bonds. The van der Waals surface area contributed by atoms with Crippen molar-refractivity contribution in [3.63, 3.8) is 0 Å². The molecule has 158 valence electrons. The fourth-order valence-electron chi connectivity index (χ4n) is 2.97. The first-order valence-corrected chi connectivity index (χ1v) is 12.6. The van der Waals surface area contributed by atoms with Gasteiger partial charge in [-0.2, -0.15) is 0 Å². The monoisotopic (exact) mass is 392 g/mol. The number of hydrogen-bond acceptors (Lipinski definition) is 4. The third kappa shape index (κ3) is 17.5. The maximum Gasteiger partial charge on any atom is 0.474 e. The van der Waals surface area contributed by atoms with Crippen LogP contribution in [0.5, 0.6) is 0 Å². The first kappa shape index (κ1) is 26.1. The first-order chi connectivity index (χ1) is 12.7. The average Bonchev–Trinajstić information content (AvgIpc) is 2.65. The lowest BCUT2D eigenvalue weighted by molar-refractivity contribution is 0.127. The van der Waals surface area contributed by atoms with E-state index in [1.807, 2.05) is 0 Å². The van der Waals surface area contributed by atoms with Gasteiger partial charge in [-0.3, -0.25) is 13.6 Å². The maximum atomic E-state index is 12.3. The highest BCUT2D eigenvalue weighted by atomic mass is 31.2. The summed E-state index contributed by atoms with van der Waals surface area (Å²) in [6, 6.07) is 0. The van der Waals surface area contributed by atoms with Crippen LogP contribution in [-0.4, -0.2) is 20.3 Å². The van der Waals surface area contributed by atoms with E-state index in [0.29, 0.717) is 13.2 Å². The molecule has 4 nitrogen and oxygen atoms in total. The van der Waals surface area contributed by atoms with Crippen molar-refractivity contribution in [2.45, 2.75) is 117 Å². The highest BCUT2D eigenvalue weighted by Crippen LogP contribution is 2.48. The third-order valence-corrected chi connectivity index (χ3v) is 6.16. The van der Waals surface area contributed by atoms with E-state index in [2.05, 4.69) is 13.8 Å². The molecule has 0 spiro atoms. The van der Waals surface area contributed by atoms with Crippen molar-refractivity contribution in [2.75, 3.05) is 20.3 Å². The van der Waals surface area contributed by atoms with Crippen molar-refractivity contribution in [3.8, 4) is 0 Å². The van der Waals surface area contributed by atoms with Crippen molar-refractivity contribution in [3.05, 3.63) is 0 Å². The van der Waals surface area contributed by atoms with Gasteiger partial charge in [0, 0.05) is 7.11 Å². The van der Waals surface area contributed by atoms with Crippen LogP contribution in [0.15, 0.2) is 0 Å². The van der Waals surface area contributed by atoms with Gasteiger partial charge in [-0.15, -0.1) is 0 Å². The molecule has 0 atom stereocenters. The van der Waals surface area contributed by atoms with Crippen molar-refractivity contribution in [1.82, 2.24) is 0 Å². The van der Waals surface area contributed by atoms with Gasteiger partial charge in [0.25, 0.3) is 0 Å². The SMILES string of the molecule is CCCCCCCCCCOP(=O)(OC)OCCCCCCCCCC. The molecule has 0 unspecified atom stereocenters. The van der Waals surface area contributed by atoms with E-state index in [9.17, 15) is 4.57 Å². The summed E-state index contributed by atoms with van der Waals surface area (Å²) >= 11 is 0. The van der Waals surface area contributed by atoms with Crippen molar-refractivity contribution < 1.29 is 18.1 Å². The predicted molar refractivity (Wildman–Crippen MR) is 112 cm³/mol. The Morgan fingerprint density at radius 3 is 1.15 bits per heavy atom. The second-order valence-electron chi connectivity index (χ2n) is 7.25. The smallest absolute Gasteiger partial charge is 0.290 e. The number of unbranched alkanes of at least 4 members (excludes halogenated alkanes) is 14. The molecule has 0 aliphatic rings. The van der Waals surface area contributed by atoms with E-state index in [-0.39, 0.29) is 0 Å². The Labute approximate surface area is 163 Å². The van der Waals surface area contributed by atoms with Crippen LogP contribution in [0.2, 0.25) is 0 Å². The summed E-state index contributed by atoms with van der Waals surface area (Å²) in [4.78, 5) is 0. The molecule has 0 fully saturated rings. The lowest BCUT2D eigenvalue weighted by Crippen LogP contribution is -2.01. The molecule has 0 bridgehead atoms. The minimum Gasteiger partial charge on any atom is -0.290 e. The second kappa shape index (κ2) is 19.9. The van der Waals surface area contributed by atoms with Crippen LogP contribution in [0.25, 0.3) is 0 Å². The highest BCUT2D eigenvalue weighted by Gasteiger charge is 2.24. The quantitative estimate of drug-likeness (QED) is 0.146. The normalized spacial score (nSPS) is 12.0. The van der Waals surface area contributed by atoms with E-state index >= 15 is 0 Å². The van der Waals surface area contributed by atoms with Gasteiger partial charge in [-0.1, -0.05) is 104 Å². The van der Waals surface area contributed by atoms with Gasteiger partial charge >= 0.3 is 7.82 Å². The van der Waals surface area contributed by atoms with E-state index in [4.69, 9.17) is 13.6 Å². The van der Waals surface area contributed by atoms with Crippen LogP contribution >= 0.6 is 7.82 Å². The Balaban J connectivity index is 3.51. The Morgan fingerprint density at radius 1 is 0.538 bits per heavy atom. The molecule has 5 heteroatoms. The maximum absolute atomic E-state index is 12.3. The van der Waals surface area contributed by atoms with Gasteiger partial charge in [0.1, 0.15) is 0 Å². The summed E-state index contributed by atoms with van der Waals surface area (Å²) in [5.41, 5.74) is 0. The van der Waals surface area contributed by atoms with Gasteiger partial charge in [-0.05, 0) is 12.8 Å². The van der Waals surface area contributed by atoms with Gasteiger partial charge in [0.15, 0.2) is 0 Å². The standard InChI is InChI=1S/C21H45O4P/c1-4-6-8-10-12-14-16-18-20-24-26(22,23-3)25-21-19-17-15-13-11-9-7-5-2/h4-21H2,1-3H3. The summed E-state index contributed by atoms with van der Waals surface area (Å²) in [6.45, 7) is 5.39. The molecular weight excluding hydrogens is 347 g/mol. The molecular formula is C21H45O4P. The minimum atomic E-state index is -3.34. The van der Waals surface area contributed by atoms with Gasteiger partial charge in [0.05, 0.1) is 13.2 Å². The van der Waals surface area contributed by atoms with Gasteiger partial charge in [0.2, 0.25) is 0 Å². The fraction of sp³-hybridized carbons (Fsp3) is 1.00. The molecule has 0 aromatic heterocycles. The third-order valence-electron chi connectivity index (χ3n) is 4.72. The zero-order valence-corrected chi connectivity index (χ0v) is 18.7. The summed E-state index contributed by atoms with van der Waals surface area (Å²) in [7, 11) is -1.94. The summed E-state index contributed by atoms with van der Waals surface area (Å²) in [5, 5.41) is 0. The highest BCUT2D eigenvalue weighted by molar-refractivity contribution is 7.48. The van der Waals surface area contributed by atoms with Crippen molar-refractivity contribution in [2.24, 2.45) is 0 Å². The first-order valence-electron chi connectivity index (χ1n) is 11.1. The summed E-state index contributed by atoms with van der Waals surface area (Å²) in [5.74, 6) is 0. The molecule has 0 heterocycles. The summed E-state index contributed by atoms with van der Waals surface area (Å²) < 4.78 is 28.1. The molecule has 0 rings (SSSR count). The average molecular weight is 393 g/mol. The number of phosphoric acid groups is 1. The van der Waals surface area contributed by atoms with E-state index < -0.39 is 7.82 Å². The second-order valence-corrected chi connectivity index (χ2v) is 9.02. The molecule has 0 aromatic rings. The van der Waals surface area contributed by atoms with E-state index in [1.165, 1.54) is 84.2 Å². The van der Waals surface area contributed by atoms with Gasteiger partial charge < -0.3 is 0 Å². The number of phosphoric ester groups is 1. The van der Waals surface area contributed by atoms with Crippen LogP contribution in [0.3, 0.4) is 0 Å². The van der Waals surface area contributed by atoms with Crippen molar-refractivity contribution >= 4 is 7.82 Å². The van der Waals surface area contributed by atoms with E-state index in [1.54, 1.807) is 0 Å². The van der Waals surface area contributed by atoms with Crippen LogP contribution in [-0.2, 0) is 18.1 Å². The molecule has 0 aliphatic carbocycles. The molecule has 0 aromatic carbocycles. The Morgan fingerprint density at radius 2 is 0.846 bits per heavy atom. The summed E-state index contributed by atoms with van der Waals surface area (Å²) in [6.07, 6.45) is 19.7. The Hall–Kier alpha value is 0.110. The number of hydrogen-bond donors (Lipinski definition) is 0. The molecule has 0 saturated heterocycles. The largest absolute Gasteiger partial charge is 0.474 e. The molecule has 26 heavy (non-hydrogen) atoms. The Kier molecular flexibility index (Phi) is 19.9. The minimum absolute atomic E-state index is 0.456. The molecule has 0 radical (unpaired) electrons. The van der Waals surface area contributed by atoms with Crippen LogP contribution in [0.1, 0.15) is 117 Å². The lowest BCUT2D eigenvalue weighted by atomic mass is 10.1. The Bertz CT molecular complexity index is 297. The van der Waals surface area contributed by atoms with Crippen LogP contribution in [0.4, 0.5) is 0 Å². The van der Waals surface area contributed by atoms with Crippen LogP contribution < -0.4 is 0 Å². The van der Waals surface area contributed by atoms with E-state index in [0.717, 1.165) is 25.7 Å². The molecule has 0 aliphatic heterocycles. The zero-order chi connectivity index (χ0) is 19.3. The fourth-order valence-corrected chi connectivity index (χ4v) is 3.96. The zero-order valence-electron chi connectivity index (χ0n) is 17.8. The van der Waals surface area contributed by atoms with Gasteiger partial charge in [-0.25, -0.2) is 4.57 Å².